The highest BCUT2D eigenvalue weighted by Crippen LogP contribution is 2.15. The summed E-state index contributed by atoms with van der Waals surface area (Å²) in [6.07, 6.45) is 2.03. The third-order valence-corrected chi connectivity index (χ3v) is 2.77. The predicted molar refractivity (Wildman–Crippen MR) is 58.1 cm³/mol. The number of amides is 1. The van der Waals surface area contributed by atoms with Crippen LogP contribution in [0.1, 0.15) is 26.7 Å². The first-order chi connectivity index (χ1) is 6.59. The molecule has 1 N–H and O–H groups in total. The minimum Gasteiger partial charge on any atom is -0.356 e. The molecule has 1 aliphatic heterocycles. The van der Waals surface area contributed by atoms with Gasteiger partial charge in [0, 0.05) is 12.5 Å². The highest BCUT2D eigenvalue weighted by atomic mass is 16.1. The first-order valence-electron chi connectivity index (χ1n) is 5.56. The second-order valence-corrected chi connectivity index (χ2v) is 4.72. The van der Waals surface area contributed by atoms with Gasteiger partial charge in [-0.1, -0.05) is 13.8 Å². The van der Waals surface area contributed by atoms with E-state index in [1.807, 2.05) is 0 Å². The van der Waals surface area contributed by atoms with Gasteiger partial charge in [0.05, 0.1) is 0 Å². The molecule has 0 aromatic rings. The molecule has 1 fully saturated rings. The smallest absolute Gasteiger partial charge is 0.223 e. The fraction of sp³-hybridized carbons (Fsp3) is 0.909. The first kappa shape index (κ1) is 11.5. The van der Waals surface area contributed by atoms with Gasteiger partial charge >= 0.3 is 0 Å². The van der Waals surface area contributed by atoms with E-state index in [9.17, 15) is 4.79 Å². The van der Waals surface area contributed by atoms with Crippen LogP contribution >= 0.6 is 0 Å². The maximum atomic E-state index is 11.7. The normalized spacial score (nSPS) is 20.0. The summed E-state index contributed by atoms with van der Waals surface area (Å²) in [6.45, 7) is 7.16. The first-order valence-corrected chi connectivity index (χ1v) is 5.56. The standard InChI is InChI=1S/C11H22N2O/c1-9(2)8-12-11(14)10-4-6-13(3)7-5-10/h9-10H,4-8H2,1-3H3,(H,12,14). The zero-order valence-electron chi connectivity index (χ0n) is 9.55. The number of nitrogens with one attached hydrogen (secondary N) is 1. The largest absolute Gasteiger partial charge is 0.356 e. The van der Waals surface area contributed by atoms with E-state index in [2.05, 4.69) is 31.1 Å². The van der Waals surface area contributed by atoms with Crippen molar-refractivity contribution in [1.29, 1.82) is 0 Å². The molecule has 14 heavy (non-hydrogen) atoms. The van der Waals surface area contributed by atoms with Gasteiger partial charge in [-0.2, -0.15) is 0 Å². The van der Waals surface area contributed by atoms with Crippen molar-refractivity contribution < 1.29 is 4.79 Å². The zero-order valence-corrected chi connectivity index (χ0v) is 9.55. The van der Waals surface area contributed by atoms with Gasteiger partial charge in [0.25, 0.3) is 0 Å². The predicted octanol–water partition coefficient (Wildman–Crippen LogP) is 1.10. The van der Waals surface area contributed by atoms with E-state index in [-0.39, 0.29) is 11.8 Å². The number of nitrogens with zero attached hydrogens (tertiary/aromatic N) is 1. The minimum atomic E-state index is 0.255. The van der Waals surface area contributed by atoms with E-state index in [1.165, 1.54) is 0 Å². The number of rotatable bonds is 3. The van der Waals surface area contributed by atoms with Crippen molar-refractivity contribution >= 4 is 5.91 Å². The van der Waals surface area contributed by atoms with E-state index in [1.54, 1.807) is 0 Å². The molecule has 0 bridgehead atoms. The quantitative estimate of drug-likeness (QED) is 0.736. The summed E-state index contributed by atoms with van der Waals surface area (Å²) in [6, 6.07) is 0. The van der Waals surface area contributed by atoms with Crippen LogP contribution in [0.5, 0.6) is 0 Å². The van der Waals surface area contributed by atoms with Crippen LogP contribution in [0.2, 0.25) is 0 Å². The molecule has 0 spiro atoms. The van der Waals surface area contributed by atoms with Crippen molar-refractivity contribution in [3.05, 3.63) is 0 Å². The molecular weight excluding hydrogens is 176 g/mol. The number of carbonyl (C=O) groups is 1. The van der Waals surface area contributed by atoms with Gasteiger partial charge in [-0.15, -0.1) is 0 Å². The Balaban J connectivity index is 2.24. The molecule has 0 unspecified atom stereocenters. The van der Waals surface area contributed by atoms with Gasteiger partial charge in [0.2, 0.25) is 5.91 Å². The lowest BCUT2D eigenvalue weighted by Crippen LogP contribution is -2.39. The van der Waals surface area contributed by atoms with Gasteiger partial charge in [0.15, 0.2) is 0 Å². The maximum Gasteiger partial charge on any atom is 0.223 e. The van der Waals surface area contributed by atoms with Gasteiger partial charge in [-0.25, -0.2) is 0 Å². The molecule has 0 aromatic carbocycles. The number of carbonyl (C=O) groups excluding carboxylic acids is 1. The Morgan fingerprint density at radius 1 is 1.43 bits per heavy atom. The summed E-state index contributed by atoms with van der Waals surface area (Å²) >= 11 is 0. The van der Waals surface area contributed by atoms with Crippen molar-refractivity contribution in [2.24, 2.45) is 11.8 Å². The van der Waals surface area contributed by atoms with Crippen molar-refractivity contribution in [3.63, 3.8) is 0 Å². The molecule has 0 radical (unpaired) electrons. The molecule has 3 heteroatoms. The van der Waals surface area contributed by atoms with E-state index < -0.39 is 0 Å². The van der Waals surface area contributed by atoms with Crippen LogP contribution in [0.4, 0.5) is 0 Å². The van der Waals surface area contributed by atoms with Gasteiger partial charge < -0.3 is 10.2 Å². The molecule has 3 nitrogen and oxygen atoms in total. The fourth-order valence-corrected chi connectivity index (χ4v) is 1.72. The average molecular weight is 198 g/mol. The summed E-state index contributed by atoms with van der Waals surface area (Å²) in [5, 5.41) is 3.01. The highest BCUT2D eigenvalue weighted by Gasteiger charge is 2.22. The van der Waals surface area contributed by atoms with Gasteiger partial charge in [-0.3, -0.25) is 4.79 Å². The van der Waals surface area contributed by atoms with Crippen LogP contribution in [-0.4, -0.2) is 37.5 Å². The Labute approximate surface area is 86.9 Å². The third-order valence-electron chi connectivity index (χ3n) is 2.77. The number of hydrogen-bond donors (Lipinski definition) is 1. The number of piperidine rings is 1. The summed E-state index contributed by atoms with van der Waals surface area (Å²) in [7, 11) is 2.11. The maximum absolute atomic E-state index is 11.7. The molecule has 0 aromatic heterocycles. The SMILES string of the molecule is CC(C)CNC(=O)C1CCN(C)CC1. The Morgan fingerprint density at radius 2 is 2.00 bits per heavy atom. The van der Waals surface area contributed by atoms with Crippen molar-refractivity contribution in [2.75, 3.05) is 26.7 Å². The summed E-state index contributed by atoms with van der Waals surface area (Å²) in [4.78, 5) is 14.0. The lowest BCUT2D eigenvalue weighted by molar-refractivity contribution is -0.126. The van der Waals surface area contributed by atoms with Crippen molar-refractivity contribution in [1.82, 2.24) is 10.2 Å². The molecule has 1 heterocycles. The Hall–Kier alpha value is -0.570. The fourth-order valence-electron chi connectivity index (χ4n) is 1.72. The Kier molecular flexibility index (Phi) is 4.39. The molecule has 0 saturated carbocycles. The van der Waals surface area contributed by atoms with E-state index in [0.29, 0.717) is 5.92 Å². The molecule has 1 amide bonds. The van der Waals surface area contributed by atoms with Crippen LogP contribution in [0.25, 0.3) is 0 Å². The molecule has 1 rings (SSSR count). The minimum absolute atomic E-state index is 0.255. The Bertz CT molecular complexity index is 184. The van der Waals surface area contributed by atoms with Crippen molar-refractivity contribution in [2.45, 2.75) is 26.7 Å². The second kappa shape index (κ2) is 5.35. The van der Waals surface area contributed by atoms with Gasteiger partial charge in [0.1, 0.15) is 0 Å². The Morgan fingerprint density at radius 3 is 2.50 bits per heavy atom. The zero-order chi connectivity index (χ0) is 10.6. The van der Waals surface area contributed by atoms with Crippen LogP contribution in [0.3, 0.4) is 0 Å². The number of likely N-dealkylation sites (tertiary alicyclic amines) is 1. The molecular formula is C11H22N2O. The molecule has 1 aliphatic rings. The molecule has 1 saturated heterocycles. The monoisotopic (exact) mass is 198 g/mol. The molecule has 0 aliphatic carbocycles. The van der Waals surface area contributed by atoms with E-state index >= 15 is 0 Å². The van der Waals surface area contributed by atoms with Crippen molar-refractivity contribution in [3.8, 4) is 0 Å². The summed E-state index contributed by atoms with van der Waals surface area (Å²) < 4.78 is 0. The molecule has 82 valence electrons. The third kappa shape index (κ3) is 3.66. The lowest BCUT2D eigenvalue weighted by Gasteiger charge is -2.28. The highest BCUT2D eigenvalue weighted by molar-refractivity contribution is 5.78. The topological polar surface area (TPSA) is 32.3 Å². The number of hydrogen-bond acceptors (Lipinski definition) is 2. The average Bonchev–Trinajstić information content (AvgIpc) is 2.15. The van der Waals surface area contributed by atoms with E-state index in [0.717, 1.165) is 32.5 Å². The van der Waals surface area contributed by atoms with Crippen LogP contribution in [-0.2, 0) is 4.79 Å². The summed E-state index contributed by atoms with van der Waals surface area (Å²) in [5.41, 5.74) is 0. The lowest BCUT2D eigenvalue weighted by atomic mass is 9.96. The van der Waals surface area contributed by atoms with Crippen LogP contribution in [0, 0.1) is 11.8 Å². The van der Waals surface area contributed by atoms with Crippen LogP contribution < -0.4 is 5.32 Å². The summed E-state index contributed by atoms with van der Waals surface area (Å²) in [5.74, 6) is 1.06. The molecule has 0 atom stereocenters. The second-order valence-electron chi connectivity index (χ2n) is 4.72. The van der Waals surface area contributed by atoms with E-state index in [4.69, 9.17) is 0 Å². The van der Waals surface area contributed by atoms with Gasteiger partial charge in [-0.05, 0) is 38.9 Å². The van der Waals surface area contributed by atoms with Crippen LogP contribution in [0.15, 0.2) is 0 Å².